The van der Waals surface area contributed by atoms with Crippen molar-refractivity contribution in [2.24, 2.45) is 5.73 Å². The Morgan fingerprint density at radius 1 is 1.33 bits per heavy atom. The van der Waals surface area contributed by atoms with E-state index in [9.17, 15) is 4.79 Å². The van der Waals surface area contributed by atoms with E-state index in [1.54, 1.807) is 6.07 Å². The normalized spacial score (nSPS) is 10.7. The van der Waals surface area contributed by atoms with Crippen molar-refractivity contribution in [1.29, 1.82) is 0 Å². The van der Waals surface area contributed by atoms with Crippen LogP contribution in [0.2, 0.25) is 0 Å². The first-order valence-corrected chi connectivity index (χ1v) is 5.86. The van der Waals surface area contributed by atoms with Crippen molar-refractivity contribution in [2.45, 2.75) is 0 Å². The number of benzene rings is 1. The van der Waals surface area contributed by atoms with Gasteiger partial charge in [0.1, 0.15) is 5.58 Å². The smallest absolute Gasteiger partial charge is 0.287 e. The maximum Gasteiger partial charge on any atom is 0.287 e. The molecule has 5 nitrogen and oxygen atoms in total. The fourth-order valence-electron chi connectivity index (χ4n) is 1.60. The molecule has 2 rings (SSSR count). The molecule has 0 spiro atoms. The number of carbonyl (C=O) groups is 1. The quantitative estimate of drug-likeness (QED) is 0.751. The van der Waals surface area contributed by atoms with Crippen LogP contribution in [0.25, 0.3) is 11.0 Å². The van der Waals surface area contributed by atoms with Gasteiger partial charge in [0.2, 0.25) is 0 Å². The lowest BCUT2D eigenvalue weighted by atomic mass is 10.2. The number of ether oxygens (including phenoxy) is 1. The molecule has 0 aliphatic heterocycles. The standard InChI is InChI=1S/C13H16N2O3/c14-5-7-17-8-6-15-13(16)12-9-10-3-1-2-4-11(10)18-12/h1-4,9H,5-8,14H2,(H,15,16). The molecule has 1 heterocycles. The fourth-order valence-corrected chi connectivity index (χ4v) is 1.60. The van der Waals surface area contributed by atoms with Gasteiger partial charge in [-0.2, -0.15) is 0 Å². The van der Waals surface area contributed by atoms with Crippen LogP contribution in [-0.2, 0) is 4.74 Å². The maximum atomic E-state index is 11.8. The Morgan fingerprint density at radius 3 is 2.94 bits per heavy atom. The highest BCUT2D eigenvalue weighted by atomic mass is 16.5. The number of rotatable bonds is 6. The Morgan fingerprint density at radius 2 is 2.17 bits per heavy atom. The molecule has 5 heteroatoms. The van der Waals surface area contributed by atoms with E-state index in [0.717, 1.165) is 5.39 Å². The number of nitrogens with two attached hydrogens (primary N) is 1. The monoisotopic (exact) mass is 248 g/mol. The van der Waals surface area contributed by atoms with Crippen molar-refractivity contribution in [1.82, 2.24) is 5.32 Å². The van der Waals surface area contributed by atoms with Gasteiger partial charge in [0.05, 0.1) is 13.2 Å². The first-order valence-electron chi connectivity index (χ1n) is 5.86. The van der Waals surface area contributed by atoms with Crippen LogP contribution in [-0.4, -0.2) is 32.2 Å². The van der Waals surface area contributed by atoms with Gasteiger partial charge in [0.15, 0.2) is 5.76 Å². The SMILES string of the molecule is NCCOCCNC(=O)c1cc2ccccc2o1. The first-order chi connectivity index (χ1) is 8.81. The molecule has 3 N–H and O–H groups in total. The molecule has 1 amide bonds. The Labute approximate surface area is 105 Å². The summed E-state index contributed by atoms with van der Waals surface area (Å²) >= 11 is 0. The molecule has 0 aliphatic rings. The molecule has 0 bridgehead atoms. The van der Waals surface area contributed by atoms with Crippen LogP contribution in [0.3, 0.4) is 0 Å². The molecule has 96 valence electrons. The molecule has 0 saturated heterocycles. The van der Waals surface area contributed by atoms with Crippen LogP contribution < -0.4 is 11.1 Å². The number of amides is 1. The number of furan rings is 1. The summed E-state index contributed by atoms with van der Waals surface area (Å²) in [5.41, 5.74) is 5.99. The van der Waals surface area contributed by atoms with Crippen molar-refractivity contribution in [2.75, 3.05) is 26.3 Å². The minimum Gasteiger partial charge on any atom is -0.451 e. The van der Waals surface area contributed by atoms with E-state index in [0.29, 0.717) is 37.6 Å². The van der Waals surface area contributed by atoms with Crippen molar-refractivity contribution < 1.29 is 13.9 Å². The molecule has 18 heavy (non-hydrogen) atoms. The van der Waals surface area contributed by atoms with Gasteiger partial charge in [-0.3, -0.25) is 4.79 Å². The van der Waals surface area contributed by atoms with Gasteiger partial charge in [-0.15, -0.1) is 0 Å². The molecular weight excluding hydrogens is 232 g/mol. The van der Waals surface area contributed by atoms with Crippen molar-refractivity contribution in [3.8, 4) is 0 Å². The van der Waals surface area contributed by atoms with Gasteiger partial charge < -0.3 is 20.2 Å². The number of nitrogens with one attached hydrogen (secondary N) is 1. The summed E-state index contributed by atoms with van der Waals surface area (Å²) in [7, 11) is 0. The highest BCUT2D eigenvalue weighted by molar-refractivity contribution is 5.95. The van der Waals surface area contributed by atoms with Crippen LogP contribution in [0, 0.1) is 0 Å². The second-order valence-electron chi connectivity index (χ2n) is 3.81. The summed E-state index contributed by atoms with van der Waals surface area (Å²) in [6.45, 7) is 1.87. The zero-order valence-corrected chi connectivity index (χ0v) is 10.0. The Kier molecular flexibility index (Phi) is 4.33. The second kappa shape index (κ2) is 6.18. The number of para-hydroxylation sites is 1. The number of carbonyl (C=O) groups excluding carboxylic acids is 1. The van der Waals surface area contributed by atoms with E-state index in [1.807, 2.05) is 24.3 Å². The molecule has 1 aromatic heterocycles. The van der Waals surface area contributed by atoms with Gasteiger partial charge >= 0.3 is 0 Å². The second-order valence-corrected chi connectivity index (χ2v) is 3.81. The molecule has 0 atom stereocenters. The van der Waals surface area contributed by atoms with Gasteiger partial charge in [0, 0.05) is 18.5 Å². The molecule has 0 fully saturated rings. The van der Waals surface area contributed by atoms with Crippen LogP contribution in [0.15, 0.2) is 34.7 Å². The van der Waals surface area contributed by atoms with E-state index >= 15 is 0 Å². The zero-order valence-electron chi connectivity index (χ0n) is 10.0. The molecular formula is C13H16N2O3. The number of hydrogen-bond acceptors (Lipinski definition) is 4. The summed E-state index contributed by atoms with van der Waals surface area (Å²) < 4.78 is 10.6. The number of fused-ring (bicyclic) bond motifs is 1. The third-order valence-electron chi connectivity index (χ3n) is 2.44. The third kappa shape index (κ3) is 3.09. The van der Waals surface area contributed by atoms with E-state index < -0.39 is 0 Å². The van der Waals surface area contributed by atoms with Crippen LogP contribution >= 0.6 is 0 Å². The van der Waals surface area contributed by atoms with Gasteiger partial charge in [0.25, 0.3) is 5.91 Å². The summed E-state index contributed by atoms with van der Waals surface area (Å²) in [5, 5.41) is 3.64. The van der Waals surface area contributed by atoms with E-state index in [1.165, 1.54) is 0 Å². The van der Waals surface area contributed by atoms with Crippen LogP contribution in [0.1, 0.15) is 10.6 Å². The summed E-state index contributed by atoms with van der Waals surface area (Å²) in [4.78, 5) is 11.8. The first kappa shape index (κ1) is 12.6. The summed E-state index contributed by atoms with van der Waals surface area (Å²) in [6, 6.07) is 9.23. The van der Waals surface area contributed by atoms with Gasteiger partial charge in [-0.1, -0.05) is 18.2 Å². The minimum absolute atomic E-state index is 0.234. The minimum atomic E-state index is -0.234. The summed E-state index contributed by atoms with van der Waals surface area (Å²) in [6.07, 6.45) is 0. The zero-order chi connectivity index (χ0) is 12.8. The van der Waals surface area contributed by atoms with Gasteiger partial charge in [-0.25, -0.2) is 0 Å². The van der Waals surface area contributed by atoms with E-state index in [2.05, 4.69) is 5.32 Å². The predicted octanol–water partition coefficient (Wildman–Crippen LogP) is 1.14. The molecule has 0 radical (unpaired) electrons. The van der Waals surface area contributed by atoms with Crippen LogP contribution in [0.5, 0.6) is 0 Å². The van der Waals surface area contributed by atoms with Crippen molar-refractivity contribution >= 4 is 16.9 Å². The highest BCUT2D eigenvalue weighted by Gasteiger charge is 2.10. The summed E-state index contributed by atoms with van der Waals surface area (Å²) in [5.74, 6) is 0.0811. The average Bonchev–Trinajstić information content (AvgIpc) is 2.82. The Hall–Kier alpha value is -1.85. The van der Waals surface area contributed by atoms with Gasteiger partial charge in [-0.05, 0) is 12.1 Å². The molecule has 0 unspecified atom stereocenters. The molecule has 0 aliphatic carbocycles. The van der Waals surface area contributed by atoms with Crippen molar-refractivity contribution in [3.63, 3.8) is 0 Å². The topological polar surface area (TPSA) is 77.5 Å². The average molecular weight is 248 g/mol. The fraction of sp³-hybridized carbons (Fsp3) is 0.308. The van der Waals surface area contributed by atoms with Crippen LogP contribution in [0.4, 0.5) is 0 Å². The number of hydrogen-bond donors (Lipinski definition) is 2. The molecule has 1 aromatic carbocycles. The van der Waals surface area contributed by atoms with E-state index in [4.69, 9.17) is 14.9 Å². The molecule has 2 aromatic rings. The lowest BCUT2D eigenvalue weighted by Gasteiger charge is -2.03. The van der Waals surface area contributed by atoms with Crippen molar-refractivity contribution in [3.05, 3.63) is 36.1 Å². The molecule has 0 saturated carbocycles. The maximum absolute atomic E-state index is 11.8. The van der Waals surface area contributed by atoms with E-state index in [-0.39, 0.29) is 5.91 Å². The third-order valence-corrected chi connectivity index (χ3v) is 2.44. The Bertz CT molecular complexity index is 489. The lowest BCUT2D eigenvalue weighted by Crippen LogP contribution is -2.27. The highest BCUT2D eigenvalue weighted by Crippen LogP contribution is 2.18. The Balaban J connectivity index is 1.88. The predicted molar refractivity (Wildman–Crippen MR) is 68.4 cm³/mol. The lowest BCUT2D eigenvalue weighted by molar-refractivity contribution is 0.0895. The largest absolute Gasteiger partial charge is 0.451 e.